The molecule has 2 aliphatic heterocycles. The molecule has 2 heterocycles. The summed E-state index contributed by atoms with van der Waals surface area (Å²) in [7, 11) is 0. The van der Waals surface area contributed by atoms with Crippen LogP contribution in [0.3, 0.4) is 0 Å². The van der Waals surface area contributed by atoms with Crippen LogP contribution in [0.4, 0.5) is 0 Å². The van der Waals surface area contributed by atoms with Crippen LogP contribution < -0.4 is 0 Å². The summed E-state index contributed by atoms with van der Waals surface area (Å²) in [6.07, 6.45) is 2.68. The molecule has 2 fully saturated rings. The fourth-order valence-electron chi connectivity index (χ4n) is 2.91. The van der Waals surface area contributed by atoms with E-state index in [0.717, 1.165) is 32.2 Å². The maximum Gasteiger partial charge on any atom is 0.127 e. The van der Waals surface area contributed by atoms with Gasteiger partial charge in [-0.3, -0.25) is 4.90 Å². The highest BCUT2D eigenvalue weighted by Gasteiger charge is 2.36. The van der Waals surface area contributed by atoms with Crippen LogP contribution in [0.2, 0.25) is 0 Å². The Morgan fingerprint density at radius 2 is 2.11 bits per heavy atom. The Labute approximate surface area is 108 Å². The summed E-state index contributed by atoms with van der Waals surface area (Å²) < 4.78 is 11.0. The Bertz CT molecular complexity index is 278. The third-order valence-corrected chi connectivity index (χ3v) is 3.88. The lowest BCUT2D eigenvalue weighted by molar-refractivity contribution is -0.130. The van der Waals surface area contributed by atoms with Gasteiger partial charge in [-0.15, -0.1) is 0 Å². The van der Waals surface area contributed by atoms with E-state index < -0.39 is 0 Å². The van der Waals surface area contributed by atoms with Gasteiger partial charge in [-0.2, -0.15) is 0 Å². The van der Waals surface area contributed by atoms with Crippen molar-refractivity contribution in [3.63, 3.8) is 0 Å². The van der Waals surface area contributed by atoms with E-state index in [-0.39, 0.29) is 24.2 Å². The standard InChI is InChI=1S/C13H23NO4/c1-11-6-14(7-12(8-15)18-11)9-13(10-16)2-4-17-5-3-13/h10-12,15H,2-9H2,1H3. The van der Waals surface area contributed by atoms with Crippen molar-refractivity contribution in [2.24, 2.45) is 5.41 Å². The smallest absolute Gasteiger partial charge is 0.127 e. The van der Waals surface area contributed by atoms with Crippen LogP contribution in [-0.2, 0) is 14.3 Å². The van der Waals surface area contributed by atoms with Gasteiger partial charge in [0.05, 0.1) is 18.8 Å². The van der Waals surface area contributed by atoms with E-state index in [1.807, 2.05) is 6.92 Å². The first-order valence-electron chi connectivity index (χ1n) is 6.70. The Morgan fingerprint density at radius 1 is 1.39 bits per heavy atom. The molecule has 5 nitrogen and oxygen atoms in total. The molecule has 5 heteroatoms. The number of rotatable bonds is 4. The average molecular weight is 257 g/mol. The van der Waals surface area contributed by atoms with Crippen molar-refractivity contribution in [2.45, 2.75) is 32.0 Å². The summed E-state index contributed by atoms with van der Waals surface area (Å²) in [4.78, 5) is 13.7. The number of aldehydes is 1. The molecule has 0 saturated carbocycles. The van der Waals surface area contributed by atoms with Gasteiger partial charge >= 0.3 is 0 Å². The van der Waals surface area contributed by atoms with Gasteiger partial charge in [0.1, 0.15) is 6.29 Å². The number of hydrogen-bond acceptors (Lipinski definition) is 5. The first-order valence-corrected chi connectivity index (χ1v) is 6.70. The van der Waals surface area contributed by atoms with Crippen LogP contribution in [0.1, 0.15) is 19.8 Å². The summed E-state index contributed by atoms with van der Waals surface area (Å²) in [5.74, 6) is 0. The van der Waals surface area contributed by atoms with Crippen LogP contribution in [0.5, 0.6) is 0 Å². The number of nitrogens with zero attached hydrogens (tertiary/aromatic N) is 1. The zero-order valence-corrected chi connectivity index (χ0v) is 11.0. The summed E-state index contributed by atoms with van der Waals surface area (Å²) in [6, 6.07) is 0. The highest BCUT2D eigenvalue weighted by Crippen LogP contribution is 2.30. The van der Waals surface area contributed by atoms with Crippen LogP contribution in [-0.4, -0.2) is 68.0 Å². The first-order chi connectivity index (χ1) is 8.67. The second kappa shape index (κ2) is 6.10. The predicted octanol–water partition coefficient (Wildman–Crippen LogP) is 0.0637. The van der Waals surface area contributed by atoms with Gasteiger partial charge in [0.15, 0.2) is 0 Å². The molecule has 0 aliphatic carbocycles. The third-order valence-electron chi connectivity index (χ3n) is 3.88. The molecule has 18 heavy (non-hydrogen) atoms. The molecule has 1 N–H and O–H groups in total. The molecule has 104 valence electrons. The fraction of sp³-hybridized carbons (Fsp3) is 0.923. The van der Waals surface area contributed by atoms with Crippen LogP contribution in [0, 0.1) is 5.41 Å². The highest BCUT2D eigenvalue weighted by molar-refractivity contribution is 5.60. The zero-order chi connectivity index (χ0) is 13.0. The summed E-state index contributed by atoms with van der Waals surface area (Å²) >= 11 is 0. The summed E-state index contributed by atoms with van der Waals surface area (Å²) in [6.45, 7) is 5.67. The zero-order valence-electron chi connectivity index (χ0n) is 11.0. The van der Waals surface area contributed by atoms with E-state index in [9.17, 15) is 9.90 Å². The number of carbonyl (C=O) groups excluding carboxylic acids is 1. The van der Waals surface area contributed by atoms with Crippen molar-refractivity contribution in [3.8, 4) is 0 Å². The third kappa shape index (κ3) is 3.29. The molecule has 2 rings (SSSR count). The number of carbonyl (C=O) groups is 1. The second-order valence-electron chi connectivity index (χ2n) is 5.54. The Kier molecular flexibility index (Phi) is 4.72. The molecule has 0 aromatic heterocycles. The largest absolute Gasteiger partial charge is 0.394 e. The lowest BCUT2D eigenvalue weighted by Crippen LogP contribution is -2.52. The molecule has 0 radical (unpaired) electrons. The van der Waals surface area contributed by atoms with E-state index >= 15 is 0 Å². The van der Waals surface area contributed by atoms with Crippen molar-refractivity contribution < 1.29 is 19.4 Å². The highest BCUT2D eigenvalue weighted by atomic mass is 16.5. The van der Waals surface area contributed by atoms with Crippen molar-refractivity contribution in [3.05, 3.63) is 0 Å². The lowest BCUT2D eigenvalue weighted by atomic mass is 9.81. The second-order valence-corrected chi connectivity index (χ2v) is 5.54. The minimum atomic E-state index is -0.269. The van der Waals surface area contributed by atoms with Crippen LogP contribution >= 0.6 is 0 Å². The normalized spacial score (nSPS) is 33.2. The Balaban J connectivity index is 1.95. The first kappa shape index (κ1) is 13.9. The molecule has 2 atom stereocenters. The monoisotopic (exact) mass is 257 g/mol. The topological polar surface area (TPSA) is 59.0 Å². The van der Waals surface area contributed by atoms with Gasteiger partial charge in [-0.05, 0) is 19.8 Å². The van der Waals surface area contributed by atoms with Gasteiger partial charge in [0.25, 0.3) is 0 Å². The molecular formula is C13H23NO4. The van der Waals surface area contributed by atoms with Crippen LogP contribution in [0.15, 0.2) is 0 Å². The molecule has 0 amide bonds. The molecule has 2 unspecified atom stereocenters. The summed E-state index contributed by atoms with van der Waals surface area (Å²) in [5, 5.41) is 9.21. The van der Waals surface area contributed by atoms with E-state index in [2.05, 4.69) is 4.90 Å². The molecule has 0 spiro atoms. The van der Waals surface area contributed by atoms with Gasteiger partial charge in [0.2, 0.25) is 0 Å². The van der Waals surface area contributed by atoms with E-state index in [0.29, 0.717) is 19.8 Å². The number of ether oxygens (including phenoxy) is 2. The fourth-order valence-corrected chi connectivity index (χ4v) is 2.91. The minimum Gasteiger partial charge on any atom is -0.394 e. The lowest BCUT2D eigenvalue weighted by Gasteiger charge is -2.42. The molecule has 0 aromatic carbocycles. The maximum atomic E-state index is 11.4. The molecular weight excluding hydrogens is 234 g/mol. The minimum absolute atomic E-state index is 0.0397. The van der Waals surface area contributed by atoms with Crippen molar-refractivity contribution in [1.29, 1.82) is 0 Å². The number of aliphatic hydroxyl groups excluding tert-OH is 1. The molecule has 0 bridgehead atoms. The Hall–Kier alpha value is -0.490. The van der Waals surface area contributed by atoms with Gasteiger partial charge in [-0.25, -0.2) is 0 Å². The van der Waals surface area contributed by atoms with Gasteiger partial charge < -0.3 is 19.4 Å². The van der Waals surface area contributed by atoms with E-state index in [1.165, 1.54) is 0 Å². The van der Waals surface area contributed by atoms with Gasteiger partial charge in [0, 0.05) is 38.3 Å². The Morgan fingerprint density at radius 3 is 2.72 bits per heavy atom. The van der Waals surface area contributed by atoms with E-state index in [4.69, 9.17) is 9.47 Å². The predicted molar refractivity (Wildman–Crippen MR) is 66.4 cm³/mol. The van der Waals surface area contributed by atoms with Crippen molar-refractivity contribution in [2.75, 3.05) is 39.5 Å². The average Bonchev–Trinajstić information content (AvgIpc) is 2.39. The molecule has 0 aromatic rings. The molecule has 2 saturated heterocycles. The molecule has 2 aliphatic rings. The van der Waals surface area contributed by atoms with Crippen molar-refractivity contribution in [1.82, 2.24) is 4.90 Å². The SMILES string of the molecule is CC1CN(CC2(C=O)CCOCC2)CC(CO)O1. The van der Waals surface area contributed by atoms with Crippen molar-refractivity contribution >= 4 is 6.29 Å². The quantitative estimate of drug-likeness (QED) is 0.722. The number of hydrogen-bond donors (Lipinski definition) is 1. The summed E-state index contributed by atoms with van der Waals surface area (Å²) in [5.41, 5.74) is -0.269. The number of aliphatic hydroxyl groups is 1. The van der Waals surface area contributed by atoms with Gasteiger partial charge in [-0.1, -0.05) is 0 Å². The van der Waals surface area contributed by atoms with E-state index in [1.54, 1.807) is 0 Å². The maximum absolute atomic E-state index is 11.4. The number of morpholine rings is 1. The van der Waals surface area contributed by atoms with Crippen LogP contribution in [0.25, 0.3) is 0 Å².